The van der Waals surface area contributed by atoms with Crippen LogP contribution in [0.15, 0.2) is 0 Å². The van der Waals surface area contributed by atoms with Crippen molar-refractivity contribution in [1.29, 1.82) is 0 Å². The van der Waals surface area contributed by atoms with Crippen molar-refractivity contribution in [1.82, 2.24) is 9.80 Å². The molecule has 0 bridgehead atoms. The average Bonchev–Trinajstić information content (AvgIpc) is 2.21. The third-order valence-electron chi connectivity index (χ3n) is 1.62. The van der Waals surface area contributed by atoms with Gasteiger partial charge in [-0.15, -0.1) is 0 Å². The molecular weight excluding hydrogens is 235 g/mol. The molecular formula is C8H17N2O5P. The Balaban J connectivity index is 3.76. The van der Waals surface area contributed by atoms with Gasteiger partial charge in [-0.25, -0.2) is 0 Å². The summed E-state index contributed by atoms with van der Waals surface area (Å²) < 4.78 is 20.4. The molecule has 2 amide bonds. The van der Waals surface area contributed by atoms with Gasteiger partial charge in [0.15, 0.2) is 0 Å². The number of hydrogen-bond donors (Lipinski definition) is 0. The quantitative estimate of drug-likeness (QED) is 0.600. The van der Waals surface area contributed by atoms with Crippen LogP contribution >= 0.6 is 8.25 Å². The minimum Gasteiger partial charge on any atom is -0.347 e. The van der Waals surface area contributed by atoms with E-state index in [1.54, 1.807) is 28.2 Å². The van der Waals surface area contributed by atoms with Crippen LogP contribution in [0.1, 0.15) is 0 Å². The zero-order valence-electron chi connectivity index (χ0n) is 9.85. The van der Waals surface area contributed by atoms with Crippen LogP contribution in [0.5, 0.6) is 0 Å². The third-order valence-corrected chi connectivity index (χ3v) is 2.38. The van der Waals surface area contributed by atoms with Crippen LogP contribution in [0.4, 0.5) is 0 Å². The Labute approximate surface area is 95.2 Å². The van der Waals surface area contributed by atoms with Crippen LogP contribution in [-0.2, 0) is 23.2 Å². The molecule has 0 aliphatic rings. The van der Waals surface area contributed by atoms with Gasteiger partial charge in [0.25, 0.3) is 0 Å². The van der Waals surface area contributed by atoms with Crippen LogP contribution < -0.4 is 0 Å². The summed E-state index contributed by atoms with van der Waals surface area (Å²) in [5, 5.41) is 0. The highest BCUT2D eigenvalue weighted by Gasteiger charge is 2.10. The van der Waals surface area contributed by atoms with Crippen molar-refractivity contribution in [2.24, 2.45) is 0 Å². The largest absolute Gasteiger partial charge is 0.347 e. The number of carbonyl (C=O) groups is 2. The average molecular weight is 252 g/mol. The Kier molecular flexibility index (Phi) is 6.96. The second-order valence-corrected chi connectivity index (χ2v) is 4.48. The maximum absolute atomic E-state index is 11.1. The summed E-state index contributed by atoms with van der Waals surface area (Å²) in [5.74, 6) is -0.637. The fourth-order valence-electron chi connectivity index (χ4n) is 0.541. The highest BCUT2D eigenvalue weighted by Crippen LogP contribution is 2.23. The second kappa shape index (κ2) is 7.38. The van der Waals surface area contributed by atoms with Crippen molar-refractivity contribution in [2.45, 2.75) is 0 Å². The summed E-state index contributed by atoms with van der Waals surface area (Å²) in [6.07, 6.45) is 0. The molecule has 16 heavy (non-hydrogen) atoms. The van der Waals surface area contributed by atoms with E-state index < -0.39 is 8.25 Å². The van der Waals surface area contributed by atoms with Crippen LogP contribution in [-0.4, -0.2) is 63.0 Å². The van der Waals surface area contributed by atoms with Crippen molar-refractivity contribution in [3.8, 4) is 0 Å². The Morgan fingerprint density at radius 2 is 1.25 bits per heavy atom. The SMILES string of the molecule is CN(C)C(=O)CO[PH](=O)OCC(=O)N(C)C. The van der Waals surface area contributed by atoms with Gasteiger partial charge in [0.05, 0.1) is 0 Å². The lowest BCUT2D eigenvalue weighted by atomic mass is 10.6. The Hall–Kier alpha value is -0.910. The van der Waals surface area contributed by atoms with Crippen LogP contribution in [0.3, 0.4) is 0 Å². The minimum atomic E-state index is -2.79. The molecule has 0 aliphatic heterocycles. The third kappa shape index (κ3) is 6.55. The summed E-state index contributed by atoms with van der Waals surface area (Å²) >= 11 is 0. The molecule has 94 valence electrons. The van der Waals surface area contributed by atoms with Gasteiger partial charge in [-0.05, 0) is 0 Å². The first-order chi connectivity index (χ1) is 7.34. The van der Waals surface area contributed by atoms with E-state index in [0.717, 1.165) is 0 Å². The smallest absolute Gasteiger partial charge is 0.320 e. The highest BCUT2D eigenvalue weighted by atomic mass is 31.1. The molecule has 0 heterocycles. The highest BCUT2D eigenvalue weighted by molar-refractivity contribution is 7.33. The number of amides is 2. The van der Waals surface area contributed by atoms with Gasteiger partial charge in [-0.3, -0.25) is 14.2 Å². The molecule has 7 nitrogen and oxygen atoms in total. The molecule has 0 atom stereocenters. The van der Waals surface area contributed by atoms with Crippen LogP contribution in [0.2, 0.25) is 0 Å². The molecule has 0 aromatic heterocycles. The summed E-state index contributed by atoms with van der Waals surface area (Å²) in [7, 11) is 3.43. The van der Waals surface area contributed by atoms with Crippen molar-refractivity contribution >= 4 is 20.1 Å². The lowest BCUT2D eigenvalue weighted by Crippen LogP contribution is -2.26. The summed E-state index contributed by atoms with van der Waals surface area (Å²) in [5.41, 5.74) is 0. The Morgan fingerprint density at radius 3 is 1.50 bits per heavy atom. The molecule has 0 radical (unpaired) electrons. The van der Waals surface area contributed by atoms with E-state index in [0.29, 0.717) is 0 Å². The molecule has 0 unspecified atom stereocenters. The zero-order valence-corrected chi connectivity index (χ0v) is 10.8. The molecule has 0 aromatic rings. The monoisotopic (exact) mass is 252 g/mol. The van der Waals surface area contributed by atoms with E-state index in [-0.39, 0.29) is 25.0 Å². The molecule has 0 saturated heterocycles. The van der Waals surface area contributed by atoms with E-state index in [4.69, 9.17) is 0 Å². The molecule has 0 fully saturated rings. The van der Waals surface area contributed by atoms with Gasteiger partial charge in [-0.1, -0.05) is 0 Å². The van der Waals surface area contributed by atoms with E-state index in [1.165, 1.54) is 9.80 Å². The van der Waals surface area contributed by atoms with Crippen molar-refractivity contribution in [3.63, 3.8) is 0 Å². The predicted octanol–water partition coefficient (Wildman–Crippen LogP) is -0.414. The molecule has 0 N–H and O–H groups in total. The predicted molar refractivity (Wildman–Crippen MR) is 58.3 cm³/mol. The van der Waals surface area contributed by atoms with Gasteiger partial charge < -0.3 is 18.8 Å². The molecule has 0 aromatic carbocycles. The minimum absolute atomic E-state index is 0.319. The summed E-state index contributed by atoms with van der Waals surface area (Å²) in [4.78, 5) is 24.7. The van der Waals surface area contributed by atoms with Crippen LogP contribution in [0.25, 0.3) is 0 Å². The van der Waals surface area contributed by atoms with Gasteiger partial charge in [0.1, 0.15) is 13.2 Å². The number of rotatable bonds is 6. The number of likely N-dealkylation sites (N-methyl/N-ethyl adjacent to an activating group) is 2. The van der Waals surface area contributed by atoms with E-state index >= 15 is 0 Å². The van der Waals surface area contributed by atoms with E-state index in [1.807, 2.05) is 0 Å². The molecule has 0 rings (SSSR count). The number of hydrogen-bond acceptors (Lipinski definition) is 5. The first-order valence-electron chi connectivity index (χ1n) is 4.54. The molecule has 8 heteroatoms. The molecule has 0 spiro atoms. The molecule has 0 aliphatic carbocycles. The van der Waals surface area contributed by atoms with Crippen molar-refractivity contribution in [3.05, 3.63) is 0 Å². The fraction of sp³-hybridized carbons (Fsp3) is 0.750. The summed E-state index contributed by atoms with van der Waals surface area (Å²) in [6, 6.07) is 0. The maximum Gasteiger partial charge on any atom is 0.320 e. The van der Waals surface area contributed by atoms with E-state index in [2.05, 4.69) is 9.05 Å². The first kappa shape index (κ1) is 15.1. The van der Waals surface area contributed by atoms with Crippen LogP contribution in [0, 0.1) is 0 Å². The van der Waals surface area contributed by atoms with Crippen molar-refractivity contribution < 1.29 is 23.2 Å². The lowest BCUT2D eigenvalue weighted by Gasteiger charge is -2.11. The topological polar surface area (TPSA) is 76.1 Å². The first-order valence-corrected chi connectivity index (χ1v) is 5.77. The van der Waals surface area contributed by atoms with Gasteiger partial charge in [-0.2, -0.15) is 0 Å². The maximum atomic E-state index is 11.1. The van der Waals surface area contributed by atoms with Gasteiger partial charge in [0.2, 0.25) is 11.8 Å². The second-order valence-electron chi connectivity index (χ2n) is 3.40. The fourth-order valence-corrected chi connectivity index (χ4v) is 1.11. The number of nitrogens with zero attached hydrogens (tertiary/aromatic N) is 2. The standard InChI is InChI=1S/C8H17N2O5P/c1-9(2)7(11)5-14-16(13)15-6-8(12)10(3)4/h16H,5-6H2,1-4H3. The van der Waals surface area contributed by atoms with E-state index in [9.17, 15) is 14.2 Å². The normalized spacial score (nSPS) is 10.3. The Bertz CT molecular complexity index is 254. The van der Waals surface area contributed by atoms with Gasteiger partial charge >= 0.3 is 8.25 Å². The zero-order chi connectivity index (χ0) is 12.7. The number of carbonyl (C=O) groups excluding carboxylic acids is 2. The lowest BCUT2D eigenvalue weighted by molar-refractivity contribution is -0.131. The molecule has 0 saturated carbocycles. The summed E-state index contributed by atoms with van der Waals surface area (Å²) in [6.45, 7) is -0.637. The van der Waals surface area contributed by atoms with Gasteiger partial charge in [0, 0.05) is 28.2 Å². The van der Waals surface area contributed by atoms with Crippen molar-refractivity contribution in [2.75, 3.05) is 41.4 Å². The Morgan fingerprint density at radius 1 is 0.938 bits per heavy atom.